The molecule has 2 aromatic heterocycles. The van der Waals surface area contributed by atoms with Gasteiger partial charge in [-0.2, -0.15) is 8.78 Å². The first kappa shape index (κ1) is 17.4. The van der Waals surface area contributed by atoms with Gasteiger partial charge in [0.15, 0.2) is 11.8 Å². The van der Waals surface area contributed by atoms with Gasteiger partial charge in [0.05, 0.1) is 33.3 Å². The van der Waals surface area contributed by atoms with Crippen LogP contribution in [-0.2, 0) is 16.6 Å². The van der Waals surface area contributed by atoms with Gasteiger partial charge in [-0.3, -0.25) is 9.19 Å². The minimum atomic E-state index is -3.92. The zero-order valence-electron chi connectivity index (χ0n) is 13.1. The summed E-state index contributed by atoms with van der Waals surface area (Å²) in [6.07, 6.45) is -2.66. The van der Waals surface area contributed by atoms with Gasteiger partial charge in [-0.05, 0) is 25.1 Å². The maximum Gasteiger partial charge on any atom is 0.427 e. The number of aromatic amines is 1. The number of halogens is 3. The third kappa shape index (κ3) is 3.81. The first-order valence-electron chi connectivity index (χ1n) is 7.30. The number of nitrogens with zero attached hydrogens (tertiary/aromatic N) is 2. The van der Waals surface area contributed by atoms with Crippen molar-refractivity contribution in [3.63, 3.8) is 0 Å². The molecule has 0 aliphatic carbocycles. The lowest BCUT2D eigenvalue weighted by Crippen LogP contribution is -2.27. The number of fused-ring (bicyclic) bond motifs is 1. The number of H-pyrrole nitrogens is 1. The molecule has 0 saturated carbocycles. The number of alkyl halides is 3. The maximum absolute atomic E-state index is 13.1. The van der Waals surface area contributed by atoms with E-state index in [1.807, 2.05) is 12.1 Å². The van der Waals surface area contributed by atoms with E-state index in [0.717, 1.165) is 5.52 Å². The van der Waals surface area contributed by atoms with Crippen molar-refractivity contribution in [3.05, 3.63) is 47.8 Å². The van der Waals surface area contributed by atoms with Gasteiger partial charge in [0.1, 0.15) is 5.75 Å². The highest BCUT2D eigenvalue weighted by Crippen LogP contribution is 2.27. The van der Waals surface area contributed by atoms with Gasteiger partial charge in [-0.15, -0.1) is 0 Å². The summed E-state index contributed by atoms with van der Waals surface area (Å²) in [5.74, 6) is -0.237. The summed E-state index contributed by atoms with van der Waals surface area (Å²) < 4.78 is 55.4. The first-order chi connectivity index (χ1) is 11.9. The lowest BCUT2D eigenvalue weighted by molar-refractivity contribution is -0.186. The van der Waals surface area contributed by atoms with Gasteiger partial charge in [0.25, 0.3) is 0 Å². The zero-order chi connectivity index (χ0) is 18.0. The molecule has 0 radical (unpaired) electrons. The minimum absolute atomic E-state index is 0.0376. The molecule has 1 aromatic carbocycles. The molecule has 9 heteroatoms. The molecule has 0 fully saturated rings. The van der Waals surface area contributed by atoms with Crippen LogP contribution in [0.5, 0.6) is 5.75 Å². The van der Waals surface area contributed by atoms with Crippen molar-refractivity contribution in [2.24, 2.45) is 0 Å². The van der Waals surface area contributed by atoms with E-state index in [0.29, 0.717) is 11.2 Å². The Morgan fingerprint density at radius 3 is 2.76 bits per heavy atom. The molecule has 1 unspecified atom stereocenters. The van der Waals surface area contributed by atoms with Crippen molar-refractivity contribution in [3.8, 4) is 5.75 Å². The third-order valence-corrected chi connectivity index (χ3v) is 4.68. The van der Waals surface area contributed by atoms with E-state index in [1.165, 1.54) is 19.2 Å². The van der Waals surface area contributed by atoms with Crippen LogP contribution in [0.25, 0.3) is 11.0 Å². The smallest absolute Gasteiger partial charge is 0.427 e. The van der Waals surface area contributed by atoms with Crippen molar-refractivity contribution in [2.45, 2.75) is 23.9 Å². The second-order valence-corrected chi connectivity index (χ2v) is 6.67. The van der Waals surface area contributed by atoms with Gasteiger partial charge in [0.2, 0.25) is 0 Å². The molecule has 5 nitrogen and oxygen atoms in total. The van der Waals surface area contributed by atoms with E-state index in [9.17, 15) is 17.4 Å². The molecule has 0 amide bonds. The average molecular weight is 369 g/mol. The molecule has 1 N–H and O–H groups in total. The number of aromatic nitrogens is 3. The number of hydrogen-bond acceptors (Lipinski definition) is 4. The molecule has 1 atom stereocenters. The molecular weight excluding hydrogens is 355 g/mol. The number of para-hydroxylation sites is 2. The average Bonchev–Trinajstić information content (AvgIpc) is 3.02. The molecule has 0 spiro atoms. The Balaban J connectivity index is 1.83. The van der Waals surface area contributed by atoms with Gasteiger partial charge in [-0.25, -0.2) is 9.37 Å². The van der Waals surface area contributed by atoms with Gasteiger partial charge >= 0.3 is 6.11 Å². The number of pyridine rings is 1. The Kier molecular flexibility index (Phi) is 4.76. The third-order valence-electron chi connectivity index (χ3n) is 3.52. The van der Waals surface area contributed by atoms with Crippen LogP contribution in [0, 0.1) is 6.92 Å². The van der Waals surface area contributed by atoms with Crippen LogP contribution in [0.4, 0.5) is 13.2 Å². The largest absolute Gasteiger partial charge is 0.430 e. The Hall–Kier alpha value is -2.42. The molecule has 0 aliphatic rings. The Labute approximate surface area is 143 Å². The highest BCUT2D eigenvalue weighted by atomic mass is 32.2. The molecule has 0 saturated heterocycles. The maximum atomic E-state index is 13.1. The Morgan fingerprint density at radius 2 is 2.04 bits per heavy atom. The fraction of sp³-hybridized carbons (Fsp3) is 0.250. The normalized spacial score (nSPS) is 13.1. The molecule has 2 heterocycles. The van der Waals surface area contributed by atoms with E-state index >= 15 is 0 Å². The molecule has 3 rings (SSSR count). The van der Waals surface area contributed by atoms with Crippen molar-refractivity contribution < 1.29 is 22.1 Å². The van der Waals surface area contributed by atoms with E-state index in [1.54, 1.807) is 12.1 Å². The van der Waals surface area contributed by atoms with Crippen LogP contribution in [0.2, 0.25) is 0 Å². The number of ether oxygens (including phenoxy) is 1. The highest BCUT2D eigenvalue weighted by molar-refractivity contribution is 7.84. The van der Waals surface area contributed by atoms with Crippen LogP contribution < -0.4 is 4.74 Å². The molecule has 0 aliphatic heterocycles. The highest BCUT2D eigenvalue weighted by Gasteiger charge is 2.32. The monoisotopic (exact) mass is 369 g/mol. The SMILES string of the molecule is Cc1c(OC(F)(F)CF)ccnc1CS(=O)c1nc2ccccc2[nH]1. The van der Waals surface area contributed by atoms with Crippen LogP contribution >= 0.6 is 0 Å². The summed E-state index contributed by atoms with van der Waals surface area (Å²) in [5.41, 5.74) is 2.01. The summed E-state index contributed by atoms with van der Waals surface area (Å²) in [6.45, 7) is -0.434. The Morgan fingerprint density at radius 1 is 1.28 bits per heavy atom. The summed E-state index contributed by atoms with van der Waals surface area (Å²) in [7, 11) is -1.56. The number of hydrogen-bond donors (Lipinski definition) is 1. The van der Waals surface area contributed by atoms with Crippen molar-refractivity contribution in [2.75, 3.05) is 6.67 Å². The van der Waals surface area contributed by atoms with E-state index in [-0.39, 0.29) is 22.2 Å². The zero-order valence-corrected chi connectivity index (χ0v) is 13.9. The lowest BCUT2D eigenvalue weighted by Gasteiger charge is -2.17. The lowest BCUT2D eigenvalue weighted by atomic mass is 10.2. The molecule has 3 aromatic rings. The summed E-state index contributed by atoms with van der Waals surface area (Å²) in [4.78, 5) is 11.3. The fourth-order valence-corrected chi connectivity index (χ4v) is 3.33. The van der Waals surface area contributed by atoms with Crippen LogP contribution in [0.1, 0.15) is 11.3 Å². The minimum Gasteiger partial charge on any atom is -0.430 e. The van der Waals surface area contributed by atoms with E-state index in [2.05, 4.69) is 19.7 Å². The number of nitrogens with one attached hydrogen (secondary N) is 1. The van der Waals surface area contributed by atoms with Gasteiger partial charge < -0.3 is 9.72 Å². The molecular formula is C16H14F3N3O2S. The number of benzene rings is 1. The van der Waals surface area contributed by atoms with Crippen molar-refractivity contribution in [1.82, 2.24) is 15.0 Å². The summed E-state index contributed by atoms with van der Waals surface area (Å²) in [5, 5.41) is 0.266. The molecule has 132 valence electrons. The van der Waals surface area contributed by atoms with E-state index < -0.39 is 23.6 Å². The van der Waals surface area contributed by atoms with Gasteiger partial charge in [-0.1, -0.05) is 12.1 Å². The van der Waals surface area contributed by atoms with Crippen molar-refractivity contribution >= 4 is 21.8 Å². The van der Waals surface area contributed by atoms with Crippen LogP contribution in [0.3, 0.4) is 0 Å². The summed E-state index contributed by atoms with van der Waals surface area (Å²) >= 11 is 0. The fourth-order valence-electron chi connectivity index (χ4n) is 2.23. The number of imidazole rings is 1. The van der Waals surface area contributed by atoms with Crippen LogP contribution in [0.15, 0.2) is 41.7 Å². The van der Waals surface area contributed by atoms with E-state index in [4.69, 9.17) is 0 Å². The molecule has 0 bridgehead atoms. The summed E-state index contributed by atoms with van der Waals surface area (Å²) in [6, 6.07) is 8.44. The quantitative estimate of drug-likeness (QED) is 0.722. The standard InChI is InChI=1S/C16H14F3N3O2S/c1-10-13(20-7-6-14(10)24-16(18,19)9-17)8-25(23)15-21-11-4-2-3-5-12(11)22-15/h2-7H,8-9H2,1H3,(H,21,22). The second-order valence-electron chi connectivity index (χ2n) is 5.30. The molecule has 25 heavy (non-hydrogen) atoms. The predicted molar refractivity (Wildman–Crippen MR) is 86.7 cm³/mol. The predicted octanol–water partition coefficient (Wildman–Crippen LogP) is 3.52. The topological polar surface area (TPSA) is 67.9 Å². The Bertz CT molecular complexity index is 897. The van der Waals surface area contributed by atoms with Crippen molar-refractivity contribution in [1.29, 1.82) is 0 Å². The number of rotatable bonds is 6. The second kappa shape index (κ2) is 6.83. The first-order valence-corrected chi connectivity index (χ1v) is 8.62. The van der Waals surface area contributed by atoms with Crippen LogP contribution in [-0.4, -0.2) is 31.9 Å². The van der Waals surface area contributed by atoms with Gasteiger partial charge in [0, 0.05) is 11.8 Å².